The molecule has 0 atom stereocenters. The molecule has 0 aliphatic carbocycles. The van der Waals surface area contributed by atoms with E-state index in [4.69, 9.17) is 4.74 Å². The zero-order valence-corrected chi connectivity index (χ0v) is 11.7. The summed E-state index contributed by atoms with van der Waals surface area (Å²) in [6.07, 6.45) is 0. The molecule has 1 aromatic heterocycles. The van der Waals surface area contributed by atoms with Crippen molar-refractivity contribution in [2.45, 2.75) is 13.5 Å². The smallest absolute Gasteiger partial charge is 0.251 e. The molecule has 0 spiro atoms. The summed E-state index contributed by atoms with van der Waals surface area (Å²) >= 11 is 3.47. The third kappa shape index (κ3) is 2.86. The predicted molar refractivity (Wildman–Crippen MR) is 73.4 cm³/mol. The maximum Gasteiger partial charge on any atom is 0.251 e. The molecule has 0 aliphatic rings. The van der Waals surface area contributed by atoms with E-state index in [0.29, 0.717) is 18.1 Å². The van der Waals surface area contributed by atoms with E-state index >= 15 is 0 Å². The first-order chi connectivity index (χ1) is 8.60. The monoisotopic (exact) mass is 308 g/mol. The van der Waals surface area contributed by atoms with E-state index in [2.05, 4.69) is 25.9 Å². The number of aryl methyl sites for hydroxylation is 1. The second kappa shape index (κ2) is 5.46. The molecule has 18 heavy (non-hydrogen) atoms. The number of aromatic nitrogens is 2. The molecular weight excluding hydrogens is 296 g/mol. The van der Waals surface area contributed by atoms with Gasteiger partial charge in [-0.05, 0) is 18.6 Å². The van der Waals surface area contributed by atoms with E-state index in [1.54, 1.807) is 7.11 Å². The van der Waals surface area contributed by atoms with Gasteiger partial charge in [0.05, 0.1) is 12.3 Å². The fourth-order valence-corrected chi connectivity index (χ4v) is 1.99. The third-order valence-corrected chi connectivity index (χ3v) is 3.39. The number of halogens is 1. The van der Waals surface area contributed by atoms with Crippen LogP contribution >= 0.6 is 15.9 Å². The maximum absolute atomic E-state index is 11.5. The van der Waals surface area contributed by atoms with Crippen LogP contribution in [0.3, 0.4) is 0 Å². The molecule has 0 fully saturated rings. The summed E-state index contributed by atoms with van der Waals surface area (Å²) in [5, 5.41) is 0. The van der Waals surface area contributed by atoms with Crippen LogP contribution in [0.25, 0.3) is 11.4 Å². The molecule has 2 rings (SSSR count). The highest BCUT2D eigenvalue weighted by Gasteiger charge is 2.05. The number of hydrogen-bond acceptors (Lipinski definition) is 3. The normalized spacial score (nSPS) is 10.6. The van der Waals surface area contributed by atoms with Crippen LogP contribution in [0.15, 0.2) is 33.5 Å². The molecule has 1 aromatic carbocycles. The predicted octanol–water partition coefficient (Wildman–Crippen LogP) is 2.65. The molecule has 1 heterocycles. The van der Waals surface area contributed by atoms with Crippen LogP contribution < -0.4 is 5.56 Å². The van der Waals surface area contributed by atoms with E-state index < -0.39 is 0 Å². The molecule has 0 radical (unpaired) electrons. The molecule has 0 unspecified atom stereocenters. The summed E-state index contributed by atoms with van der Waals surface area (Å²) in [5.41, 5.74) is 2.44. The lowest BCUT2D eigenvalue weighted by Crippen LogP contribution is -2.10. The van der Waals surface area contributed by atoms with Crippen molar-refractivity contribution in [3.8, 4) is 11.4 Å². The number of aromatic amines is 1. The van der Waals surface area contributed by atoms with Gasteiger partial charge in [0.1, 0.15) is 5.82 Å². The fraction of sp³-hybridized carbons (Fsp3) is 0.231. The average Bonchev–Trinajstić information content (AvgIpc) is 2.32. The molecule has 0 aliphatic heterocycles. The number of H-pyrrole nitrogens is 1. The molecule has 0 saturated heterocycles. The first-order valence-corrected chi connectivity index (χ1v) is 6.25. The lowest BCUT2D eigenvalue weighted by molar-refractivity contribution is 0.181. The molecule has 4 nitrogen and oxygen atoms in total. The van der Waals surface area contributed by atoms with E-state index in [1.165, 1.54) is 6.07 Å². The number of benzene rings is 1. The van der Waals surface area contributed by atoms with Gasteiger partial charge >= 0.3 is 0 Å². The van der Waals surface area contributed by atoms with Gasteiger partial charge in [-0.25, -0.2) is 4.98 Å². The Kier molecular flexibility index (Phi) is 3.93. The molecule has 2 aromatic rings. The highest BCUT2D eigenvalue weighted by Crippen LogP contribution is 2.22. The minimum atomic E-state index is -0.177. The zero-order valence-electron chi connectivity index (χ0n) is 10.2. The van der Waals surface area contributed by atoms with Gasteiger partial charge in [-0.3, -0.25) is 4.79 Å². The molecule has 0 amide bonds. The van der Waals surface area contributed by atoms with Crippen molar-refractivity contribution in [2.75, 3.05) is 7.11 Å². The number of ether oxygens (including phenoxy) is 1. The summed E-state index contributed by atoms with van der Waals surface area (Å²) in [6, 6.07) is 7.28. The van der Waals surface area contributed by atoms with Gasteiger partial charge in [-0.1, -0.05) is 28.1 Å². The summed E-state index contributed by atoms with van der Waals surface area (Å²) in [7, 11) is 1.57. The lowest BCUT2D eigenvalue weighted by atomic mass is 10.1. The Morgan fingerprint density at radius 2 is 2.17 bits per heavy atom. The van der Waals surface area contributed by atoms with Crippen molar-refractivity contribution in [3.63, 3.8) is 0 Å². The largest absolute Gasteiger partial charge is 0.378 e. The second-order valence-corrected chi connectivity index (χ2v) is 4.84. The second-order valence-electron chi connectivity index (χ2n) is 3.98. The van der Waals surface area contributed by atoms with Crippen molar-refractivity contribution < 1.29 is 4.74 Å². The van der Waals surface area contributed by atoms with Gasteiger partial charge in [0.2, 0.25) is 0 Å². The van der Waals surface area contributed by atoms with Crippen LogP contribution in [0.1, 0.15) is 11.3 Å². The Bertz CT molecular complexity index is 623. The van der Waals surface area contributed by atoms with Crippen molar-refractivity contribution >= 4 is 15.9 Å². The standard InChI is InChI=1S/C13H13BrN2O2/c1-8-3-4-9(5-11(8)14)13-15-10(7-18-2)6-12(17)16-13/h3-6H,7H2,1-2H3,(H,15,16,17). The summed E-state index contributed by atoms with van der Waals surface area (Å²) in [4.78, 5) is 18.6. The van der Waals surface area contributed by atoms with Crippen molar-refractivity contribution in [1.29, 1.82) is 0 Å². The molecule has 1 N–H and O–H groups in total. The van der Waals surface area contributed by atoms with Crippen molar-refractivity contribution in [1.82, 2.24) is 9.97 Å². The summed E-state index contributed by atoms with van der Waals surface area (Å²) in [6.45, 7) is 2.33. The van der Waals surface area contributed by atoms with Gasteiger partial charge in [0.15, 0.2) is 0 Å². The maximum atomic E-state index is 11.5. The lowest BCUT2D eigenvalue weighted by Gasteiger charge is -2.05. The van der Waals surface area contributed by atoms with E-state index in [-0.39, 0.29) is 5.56 Å². The quantitative estimate of drug-likeness (QED) is 0.948. The molecular formula is C13H13BrN2O2. The molecule has 5 heteroatoms. The Morgan fingerprint density at radius 1 is 1.39 bits per heavy atom. The van der Waals surface area contributed by atoms with Crippen LogP contribution in [0, 0.1) is 6.92 Å². The Balaban J connectivity index is 2.49. The molecule has 94 valence electrons. The SMILES string of the molecule is COCc1cc(=O)[nH]c(-c2ccc(C)c(Br)c2)n1. The minimum Gasteiger partial charge on any atom is -0.378 e. The van der Waals surface area contributed by atoms with E-state index in [1.807, 2.05) is 25.1 Å². The highest BCUT2D eigenvalue weighted by molar-refractivity contribution is 9.10. The van der Waals surface area contributed by atoms with Gasteiger partial charge in [-0.2, -0.15) is 0 Å². The first kappa shape index (κ1) is 13.0. The van der Waals surface area contributed by atoms with Crippen LogP contribution in [0.2, 0.25) is 0 Å². The fourth-order valence-electron chi connectivity index (χ4n) is 1.61. The average molecular weight is 309 g/mol. The van der Waals surface area contributed by atoms with E-state index in [0.717, 1.165) is 15.6 Å². The number of methoxy groups -OCH3 is 1. The number of nitrogens with zero attached hydrogens (tertiary/aromatic N) is 1. The van der Waals surface area contributed by atoms with Gasteiger partial charge in [-0.15, -0.1) is 0 Å². The van der Waals surface area contributed by atoms with Crippen molar-refractivity contribution in [2.24, 2.45) is 0 Å². The Labute approximate surface area is 113 Å². The van der Waals surface area contributed by atoms with Crippen LogP contribution in [0.5, 0.6) is 0 Å². The van der Waals surface area contributed by atoms with Crippen LogP contribution in [-0.4, -0.2) is 17.1 Å². The first-order valence-electron chi connectivity index (χ1n) is 5.46. The van der Waals surface area contributed by atoms with Gasteiger partial charge < -0.3 is 9.72 Å². The molecule has 0 bridgehead atoms. The van der Waals surface area contributed by atoms with Crippen LogP contribution in [0.4, 0.5) is 0 Å². The Morgan fingerprint density at radius 3 is 2.83 bits per heavy atom. The topological polar surface area (TPSA) is 55.0 Å². The van der Waals surface area contributed by atoms with E-state index in [9.17, 15) is 4.79 Å². The highest BCUT2D eigenvalue weighted by atomic mass is 79.9. The Hall–Kier alpha value is -1.46. The summed E-state index contributed by atoms with van der Waals surface area (Å²) in [5.74, 6) is 0.551. The van der Waals surface area contributed by atoms with Gasteiger partial charge in [0, 0.05) is 23.2 Å². The number of rotatable bonds is 3. The molecule has 0 saturated carbocycles. The van der Waals surface area contributed by atoms with Gasteiger partial charge in [0.25, 0.3) is 5.56 Å². The number of nitrogens with one attached hydrogen (secondary N) is 1. The number of hydrogen-bond donors (Lipinski definition) is 1. The summed E-state index contributed by atoms with van der Waals surface area (Å²) < 4.78 is 5.98. The van der Waals surface area contributed by atoms with Crippen LogP contribution in [-0.2, 0) is 11.3 Å². The van der Waals surface area contributed by atoms with Crippen molar-refractivity contribution in [3.05, 3.63) is 50.3 Å². The third-order valence-electron chi connectivity index (χ3n) is 2.53. The zero-order chi connectivity index (χ0) is 13.1. The minimum absolute atomic E-state index is 0.177.